The predicted octanol–water partition coefficient (Wildman–Crippen LogP) is 2.47. The van der Waals surface area contributed by atoms with Crippen LogP contribution < -0.4 is 4.72 Å². The number of hydrogen-bond donors (Lipinski definition) is 2. The molecule has 4 nitrogen and oxygen atoms in total. The fourth-order valence-corrected chi connectivity index (χ4v) is 2.97. The Bertz CT molecular complexity index is 651. The summed E-state index contributed by atoms with van der Waals surface area (Å²) < 4.78 is 26.8. The zero-order chi connectivity index (χ0) is 14.6. The topological polar surface area (TPSA) is 66.4 Å². The van der Waals surface area contributed by atoms with Gasteiger partial charge >= 0.3 is 0 Å². The Balaban J connectivity index is 2.04. The van der Waals surface area contributed by atoms with E-state index in [0.717, 1.165) is 5.56 Å². The van der Waals surface area contributed by atoms with Crippen molar-refractivity contribution in [3.8, 4) is 5.75 Å². The van der Waals surface area contributed by atoms with Gasteiger partial charge in [0.15, 0.2) is 0 Å². The van der Waals surface area contributed by atoms with Gasteiger partial charge < -0.3 is 5.11 Å². The fourth-order valence-electron chi connectivity index (χ4n) is 1.84. The van der Waals surface area contributed by atoms with E-state index in [1.165, 1.54) is 24.3 Å². The monoisotopic (exact) mass is 291 g/mol. The molecule has 0 aliphatic heterocycles. The standard InChI is InChI=1S/C15H17NO3S/c1-12(13-5-3-2-4-6-13)11-16-20(18,19)15-9-7-14(17)8-10-15/h2-10,12,16-17H,11H2,1H3. The Labute approximate surface area is 119 Å². The first-order chi connectivity index (χ1) is 9.49. The van der Waals surface area contributed by atoms with Crippen LogP contribution in [0.25, 0.3) is 0 Å². The van der Waals surface area contributed by atoms with E-state index in [0.29, 0.717) is 6.54 Å². The molecule has 0 saturated heterocycles. The maximum absolute atomic E-state index is 12.1. The van der Waals surface area contributed by atoms with Crippen LogP contribution in [0, 0.1) is 0 Å². The Kier molecular flexibility index (Phi) is 4.42. The second kappa shape index (κ2) is 6.07. The third-order valence-corrected chi connectivity index (χ3v) is 4.53. The molecule has 0 fully saturated rings. The fraction of sp³-hybridized carbons (Fsp3) is 0.200. The molecule has 0 spiro atoms. The highest BCUT2D eigenvalue weighted by molar-refractivity contribution is 7.89. The van der Waals surface area contributed by atoms with Gasteiger partial charge in [0.05, 0.1) is 4.90 Å². The van der Waals surface area contributed by atoms with Gasteiger partial charge in [-0.2, -0.15) is 0 Å². The third-order valence-electron chi connectivity index (χ3n) is 3.10. The lowest BCUT2D eigenvalue weighted by molar-refractivity contribution is 0.474. The quantitative estimate of drug-likeness (QED) is 0.889. The zero-order valence-corrected chi connectivity index (χ0v) is 12.0. The maximum atomic E-state index is 12.1. The smallest absolute Gasteiger partial charge is 0.240 e. The van der Waals surface area contributed by atoms with Crippen LogP contribution in [0.5, 0.6) is 5.75 Å². The van der Waals surface area contributed by atoms with Crippen molar-refractivity contribution in [3.05, 3.63) is 60.2 Å². The van der Waals surface area contributed by atoms with Gasteiger partial charge in [-0.1, -0.05) is 37.3 Å². The number of aromatic hydroxyl groups is 1. The molecule has 2 aromatic rings. The summed E-state index contributed by atoms with van der Waals surface area (Å²) in [5.41, 5.74) is 1.08. The van der Waals surface area contributed by atoms with Gasteiger partial charge in [0.1, 0.15) is 5.75 Å². The van der Waals surface area contributed by atoms with Crippen molar-refractivity contribution in [1.29, 1.82) is 0 Å². The van der Waals surface area contributed by atoms with Crippen molar-refractivity contribution in [2.75, 3.05) is 6.54 Å². The van der Waals surface area contributed by atoms with Gasteiger partial charge in [0, 0.05) is 6.54 Å². The summed E-state index contributed by atoms with van der Waals surface area (Å²) in [5.74, 6) is 0.129. The molecule has 0 aromatic heterocycles. The molecule has 106 valence electrons. The minimum absolute atomic E-state index is 0.0432. The molecule has 2 aromatic carbocycles. The van der Waals surface area contributed by atoms with E-state index in [9.17, 15) is 13.5 Å². The largest absolute Gasteiger partial charge is 0.508 e. The number of benzene rings is 2. The average molecular weight is 291 g/mol. The van der Waals surface area contributed by atoms with E-state index in [1.807, 2.05) is 37.3 Å². The van der Waals surface area contributed by atoms with Crippen molar-refractivity contribution in [3.63, 3.8) is 0 Å². The lowest BCUT2D eigenvalue weighted by atomic mass is 10.0. The van der Waals surface area contributed by atoms with Crippen molar-refractivity contribution < 1.29 is 13.5 Å². The lowest BCUT2D eigenvalue weighted by Crippen LogP contribution is -2.27. The molecule has 0 aliphatic carbocycles. The van der Waals surface area contributed by atoms with Crippen LogP contribution >= 0.6 is 0 Å². The summed E-state index contributed by atoms with van der Waals surface area (Å²) in [6.07, 6.45) is 0. The molecule has 1 unspecified atom stereocenters. The summed E-state index contributed by atoms with van der Waals surface area (Å²) in [4.78, 5) is 0.149. The maximum Gasteiger partial charge on any atom is 0.240 e. The highest BCUT2D eigenvalue weighted by Gasteiger charge is 2.15. The van der Waals surface area contributed by atoms with Crippen molar-refractivity contribution in [2.45, 2.75) is 17.7 Å². The molecular weight excluding hydrogens is 274 g/mol. The van der Waals surface area contributed by atoms with Crippen LogP contribution in [0.15, 0.2) is 59.5 Å². The normalized spacial score (nSPS) is 13.1. The number of phenols is 1. The van der Waals surface area contributed by atoms with E-state index in [2.05, 4.69) is 4.72 Å². The molecule has 0 radical (unpaired) electrons. The van der Waals surface area contributed by atoms with Gasteiger partial charge in [-0.3, -0.25) is 0 Å². The van der Waals surface area contributed by atoms with E-state index in [4.69, 9.17) is 0 Å². The molecule has 2 rings (SSSR count). The van der Waals surface area contributed by atoms with Crippen molar-refractivity contribution in [1.82, 2.24) is 4.72 Å². The highest BCUT2D eigenvalue weighted by atomic mass is 32.2. The second-order valence-electron chi connectivity index (χ2n) is 4.66. The summed E-state index contributed by atoms with van der Waals surface area (Å²) in [5, 5.41) is 9.17. The summed E-state index contributed by atoms with van der Waals surface area (Å²) in [7, 11) is -3.54. The summed E-state index contributed by atoms with van der Waals surface area (Å²) >= 11 is 0. The van der Waals surface area contributed by atoms with Crippen LogP contribution in [-0.4, -0.2) is 20.1 Å². The van der Waals surface area contributed by atoms with Crippen LogP contribution in [0.2, 0.25) is 0 Å². The Hall–Kier alpha value is -1.85. The number of phenolic OH excluding ortho intramolecular Hbond substituents is 1. The molecular formula is C15H17NO3S. The van der Waals surface area contributed by atoms with E-state index in [1.54, 1.807) is 0 Å². The minimum atomic E-state index is -3.54. The summed E-state index contributed by atoms with van der Waals surface area (Å²) in [6, 6.07) is 15.2. The van der Waals surface area contributed by atoms with Crippen LogP contribution in [0.1, 0.15) is 18.4 Å². The molecule has 20 heavy (non-hydrogen) atoms. The number of rotatable bonds is 5. The van der Waals surface area contributed by atoms with E-state index < -0.39 is 10.0 Å². The first kappa shape index (κ1) is 14.6. The zero-order valence-electron chi connectivity index (χ0n) is 11.2. The van der Waals surface area contributed by atoms with Crippen LogP contribution in [0.4, 0.5) is 0 Å². The minimum Gasteiger partial charge on any atom is -0.508 e. The predicted molar refractivity (Wildman–Crippen MR) is 78.2 cm³/mol. The van der Waals surface area contributed by atoms with Crippen molar-refractivity contribution in [2.24, 2.45) is 0 Å². The highest BCUT2D eigenvalue weighted by Crippen LogP contribution is 2.17. The third kappa shape index (κ3) is 3.59. The Morgan fingerprint density at radius 2 is 1.65 bits per heavy atom. The molecule has 0 bridgehead atoms. The molecule has 0 heterocycles. The van der Waals surface area contributed by atoms with Gasteiger partial charge in [-0.05, 0) is 35.7 Å². The van der Waals surface area contributed by atoms with Crippen LogP contribution in [-0.2, 0) is 10.0 Å². The van der Waals surface area contributed by atoms with Gasteiger partial charge in [0.25, 0.3) is 0 Å². The Morgan fingerprint density at radius 3 is 2.25 bits per heavy atom. The number of nitrogens with one attached hydrogen (secondary N) is 1. The van der Waals surface area contributed by atoms with Crippen molar-refractivity contribution >= 4 is 10.0 Å². The molecule has 2 N–H and O–H groups in total. The van der Waals surface area contributed by atoms with Gasteiger partial charge in [-0.25, -0.2) is 13.1 Å². The number of sulfonamides is 1. The Morgan fingerprint density at radius 1 is 1.05 bits per heavy atom. The van der Waals surface area contributed by atoms with Crippen LogP contribution in [0.3, 0.4) is 0 Å². The molecule has 5 heteroatoms. The average Bonchev–Trinajstić information content (AvgIpc) is 2.46. The SMILES string of the molecule is CC(CNS(=O)(=O)c1ccc(O)cc1)c1ccccc1. The first-order valence-corrected chi connectivity index (χ1v) is 7.81. The lowest BCUT2D eigenvalue weighted by Gasteiger charge is -2.13. The molecule has 0 amide bonds. The first-order valence-electron chi connectivity index (χ1n) is 6.33. The molecule has 1 atom stereocenters. The van der Waals surface area contributed by atoms with E-state index in [-0.39, 0.29) is 16.6 Å². The number of hydrogen-bond acceptors (Lipinski definition) is 3. The molecule has 0 saturated carbocycles. The van der Waals surface area contributed by atoms with E-state index >= 15 is 0 Å². The van der Waals surface area contributed by atoms with Gasteiger partial charge in [0.2, 0.25) is 10.0 Å². The second-order valence-corrected chi connectivity index (χ2v) is 6.42. The molecule has 0 aliphatic rings. The summed E-state index contributed by atoms with van der Waals surface area (Å²) in [6.45, 7) is 2.29. The van der Waals surface area contributed by atoms with Gasteiger partial charge in [-0.15, -0.1) is 0 Å².